The molecule has 14 heavy (non-hydrogen) atoms. The predicted molar refractivity (Wildman–Crippen MR) is 52.4 cm³/mol. The first-order valence-corrected chi connectivity index (χ1v) is 4.78. The van der Waals surface area contributed by atoms with Crippen molar-refractivity contribution < 1.29 is 19.4 Å². The van der Waals surface area contributed by atoms with Crippen molar-refractivity contribution in [3.63, 3.8) is 0 Å². The molecule has 0 aromatic carbocycles. The summed E-state index contributed by atoms with van der Waals surface area (Å²) < 4.78 is 10.2. The van der Waals surface area contributed by atoms with E-state index in [9.17, 15) is 4.79 Å². The summed E-state index contributed by atoms with van der Waals surface area (Å²) in [5.41, 5.74) is 0. The van der Waals surface area contributed by atoms with Gasteiger partial charge >= 0.3 is 5.97 Å². The van der Waals surface area contributed by atoms with Gasteiger partial charge in [0.05, 0.1) is 13.2 Å². The fourth-order valence-electron chi connectivity index (χ4n) is 0.957. The van der Waals surface area contributed by atoms with Crippen LogP contribution >= 0.6 is 0 Å². The summed E-state index contributed by atoms with van der Waals surface area (Å²) >= 11 is 0. The number of carbonyl (C=O) groups is 1. The lowest BCUT2D eigenvalue weighted by molar-refractivity contribution is -0.139. The Kier molecular flexibility index (Phi) is 8.51. The fraction of sp³-hybridized carbons (Fsp3) is 0.889. The second-order valence-electron chi connectivity index (χ2n) is 2.78. The monoisotopic (exact) mass is 205 g/mol. The highest BCUT2D eigenvalue weighted by Gasteiger charge is 2.13. The van der Waals surface area contributed by atoms with E-state index in [0.29, 0.717) is 32.8 Å². The summed E-state index contributed by atoms with van der Waals surface area (Å²) in [6.07, 6.45) is 0.470. The summed E-state index contributed by atoms with van der Waals surface area (Å²) in [5.74, 6) is -0.846. The van der Waals surface area contributed by atoms with Crippen LogP contribution in [0.3, 0.4) is 0 Å². The van der Waals surface area contributed by atoms with Gasteiger partial charge in [0, 0.05) is 13.2 Å². The number of ether oxygens (including phenoxy) is 2. The molecule has 0 bridgehead atoms. The molecule has 1 atom stereocenters. The zero-order chi connectivity index (χ0) is 10.8. The molecule has 84 valence electrons. The average molecular weight is 205 g/mol. The number of hydrogen-bond donors (Lipinski definition) is 2. The van der Waals surface area contributed by atoms with Gasteiger partial charge < -0.3 is 19.9 Å². The summed E-state index contributed by atoms with van der Waals surface area (Å²) in [4.78, 5) is 10.6. The van der Waals surface area contributed by atoms with Crippen LogP contribution in [-0.2, 0) is 14.3 Å². The van der Waals surface area contributed by atoms with Crippen molar-refractivity contribution in [1.82, 2.24) is 5.32 Å². The van der Waals surface area contributed by atoms with E-state index in [-0.39, 0.29) is 0 Å². The minimum atomic E-state index is -0.846. The minimum Gasteiger partial charge on any atom is -0.480 e. The van der Waals surface area contributed by atoms with Gasteiger partial charge in [0.25, 0.3) is 0 Å². The van der Waals surface area contributed by atoms with Crippen molar-refractivity contribution in [2.24, 2.45) is 0 Å². The molecule has 0 aromatic rings. The molecule has 0 spiro atoms. The number of rotatable bonds is 9. The zero-order valence-corrected chi connectivity index (χ0v) is 8.78. The number of hydrogen-bond acceptors (Lipinski definition) is 4. The first-order chi connectivity index (χ1) is 6.72. The molecule has 0 fully saturated rings. The molecule has 1 unspecified atom stereocenters. The van der Waals surface area contributed by atoms with Gasteiger partial charge in [-0.15, -0.1) is 0 Å². The van der Waals surface area contributed by atoms with E-state index in [1.165, 1.54) is 0 Å². The molecule has 0 aliphatic rings. The van der Waals surface area contributed by atoms with Crippen molar-refractivity contribution in [2.75, 3.05) is 33.5 Å². The Morgan fingerprint density at radius 1 is 1.36 bits per heavy atom. The van der Waals surface area contributed by atoms with E-state index in [1.54, 1.807) is 7.05 Å². The Balaban J connectivity index is 3.29. The molecule has 0 saturated heterocycles. The van der Waals surface area contributed by atoms with Crippen LogP contribution in [0.2, 0.25) is 0 Å². The molecule has 5 heteroatoms. The smallest absolute Gasteiger partial charge is 0.320 e. The van der Waals surface area contributed by atoms with Gasteiger partial charge in [-0.25, -0.2) is 0 Å². The van der Waals surface area contributed by atoms with Crippen molar-refractivity contribution in [2.45, 2.75) is 19.4 Å². The van der Waals surface area contributed by atoms with Gasteiger partial charge in [0.1, 0.15) is 6.04 Å². The highest BCUT2D eigenvalue weighted by molar-refractivity contribution is 5.73. The Morgan fingerprint density at radius 3 is 2.50 bits per heavy atom. The molecule has 0 amide bonds. The molecule has 0 saturated carbocycles. The van der Waals surface area contributed by atoms with Gasteiger partial charge in [0.15, 0.2) is 0 Å². The van der Waals surface area contributed by atoms with Crippen molar-refractivity contribution in [1.29, 1.82) is 0 Å². The number of aliphatic carboxylic acids is 1. The average Bonchev–Trinajstić information content (AvgIpc) is 2.16. The highest BCUT2D eigenvalue weighted by Crippen LogP contribution is 1.92. The maximum atomic E-state index is 10.6. The molecular weight excluding hydrogens is 186 g/mol. The molecule has 0 radical (unpaired) electrons. The van der Waals surface area contributed by atoms with Crippen LogP contribution in [-0.4, -0.2) is 50.6 Å². The summed E-state index contributed by atoms with van der Waals surface area (Å²) in [6.45, 7) is 4.11. The predicted octanol–water partition coefficient (Wildman–Crippen LogP) is 0.102. The Bertz CT molecular complexity index is 152. The second kappa shape index (κ2) is 8.93. The van der Waals surface area contributed by atoms with E-state index in [0.717, 1.165) is 0 Å². The molecule has 0 aliphatic carbocycles. The van der Waals surface area contributed by atoms with Crippen molar-refractivity contribution in [3.8, 4) is 0 Å². The van der Waals surface area contributed by atoms with Gasteiger partial charge in [-0.2, -0.15) is 0 Å². The van der Waals surface area contributed by atoms with Crippen LogP contribution in [0.25, 0.3) is 0 Å². The quantitative estimate of drug-likeness (QED) is 0.523. The maximum Gasteiger partial charge on any atom is 0.320 e. The number of carboxylic acid groups (broad SMARTS) is 1. The van der Waals surface area contributed by atoms with Crippen LogP contribution in [0.4, 0.5) is 0 Å². The number of carboxylic acids is 1. The van der Waals surface area contributed by atoms with E-state index in [4.69, 9.17) is 14.6 Å². The third-order valence-electron chi connectivity index (χ3n) is 1.77. The minimum absolute atomic E-state index is 0.435. The topological polar surface area (TPSA) is 67.8 Å². The van der Waals surface area contributed by atoms with E-state index in [2.05, 4.69) is 5.32 Å². The van der Waals surface area contributed by atoms with Crippen LogP contribution in [0.5, 0.6) is 0 Å². The largest absolute Gasteiger partial charge is 0.480 e. The Labute approximate surface area is 84.4 Å². The summed E-state index contributed by atoms with van der Waals surface area (Å²) in [6, 6.07) is -0.526. The van der Waals surface area contributed by atoms with Gasteiger partial charge in [-0.05, 0) is 20.4 Å². The van der Waals surface area contributed by atoms with E-state index >= 15 is 0 Å². The third kappa shape index (κ3) is 6.82. The molecule has 0 aromatic heterocycles. The zero-order valence-electron chi connectivity index (χ0n) is 8.78. The first kappa shape index (κ1) is 13.4. The van der Waals surface area contributed by atoms with Gasteiger partial charge in [-0.1, -0.05) is 0 Å². The van der Waals surface area contributed by atoms with Crippen molar-refractivity contribution in [3.05, 3.63) is 0 Å². The highest BCUT2D eigenvalue weighted by atomic mass is 16.5. The van der Waals surface area contributed by atoms with Crippen LogP contribution in [0.1, 0.15) is 13.3 Å². The fourth-order valence-corrected chi connectivity index (χ4v) is 0.957. The van der Waals surface area contributed by atoms with Crippen LogP contribution in [0.15, 0.2) is 0 Å². The second-order valence-corrected chi connectivity index (χ2v) is 2.78. The molecule has 0 heterocycles. The third-order valence-corrected chi connectivity index (χ3v) is 1.77. The van der Waals surface area contributed by atoms with E-state index in [1.807, 2.05) is 6.92 Å². The summed E-state index contributed by atoms with van der Waals surface area (Å²) in [5, 5.41) is 11.4. The lowest BCUT2D eigenvalue weighted by atomic mass is 10.2. The molecule has 0 aliphatic heterocycles. The molecular formula is C9H19NO4. The Hall–Kier alpha value is -0.650. The molecule has 5 nitrogen and oxygen atoms in total. The lowest BCUT2D eigenvalue weighted by Crippen LogP contribution is -2.34. The maximum absolute atomic E-state index is 10.6. The SMILES string of the molecule is CCOCCOCCC(NC)C(=O)O. The van der Waals surface area contributed by atoms with Gasteiger partial charge in [0.2, 0.25) is 0 Å². The normalized spacial score (nSPS) is 12.7. The lowest BCUT2D eigenvalue weighted by Gasteiger charge is -2.10. The standard InChI is InChI=1S/C9H19NO4/c1-3-13-6-7-14-5-4-8(10-2)9(11)12/h8,10H,3-7H2,1-2H3,(H,11,12). The van der Waals surface area contributed by atoms with E-state index < -0.39 is 12.0 Å². The molecule has 0 rings (SSSR count). The number of likely N-dealkylation sites (N-methyl/N-ethyl adjacent to an activating group) is 1. The van der Waals surface area contributed by atoms with Crippen LogP contribution in [0, 0.1) is 0 Å². The first-order valence-electron chi connectivity index (χ1n) is 4.78. The molecule has 2 N–H and O–H groups in total. The van der Waals surface area contributed by atoms with Crippen molar-refractivity contribution >= 4 is 5.97 Å². The summed E-state index contributed by atoms with van der Waals surface area (Å²) in [7, 11) is 1.62. The van der Waals surface area contributed by atoms with Gasteiger partial charge in [-0.3, -0.25) is 4.79 Å². The number of nitrogens with one attached hydrogen (secondary N) is 1. The Morgan fingerprint density at radius 2 is 2.00 bits per heavy atom. The van der Waals surface area contributed by atoms with Crippen LogP contribution < -0.4 is 5.32 Å².